The van der Waals surface area contributed by atoms with Gasteiger partial charge in [-0.3, -0.25) is 14.5 Å². The molecule has 0 radical (unpaired) electrons. The number of hydrogen-bond acceptors (Lipinski definition) is 7. The van der Waals surface area contributed by atoms with E-state index in [9.17, 15) is 14.7 Å². The van der Waals surface area contributed by atoms with Crippen molar-refractivity contribution < 1.29 is 33.3 Å². The van der Waals surface area contributed by atoms with Gasteiger partial charge >= 0.3 is 0 Å². The molecule has 3 aromatic carbocycles. The van der Waals surface area contributed by atoms with Gasteiger partial charge in [0.1, 0.15) is 40.6 Å². The maximum atomic E-state index is 13.4. The summed E-state index contributed by atoms with van der Waals surface area (Å²) in [6.07, 6.45) is 1.43. The maximum absolute atomic E-state index is 13.4. The Hall–Kier alpha value is -4.69. The lowest BCUT2D eigenvalue weighted by molar-refractivity contribution is -0.132. The van der Waals surface area contributed by atoms with E-state index >= 15 is 0 Å². The quantitative estimate of drug-likeness (QED) is 0.168. The van der Waals surface area contributed by atoms with Crippen LogP contribution in [0.3, 0.4) is 0 Å². The van der Waals surface area contributed by atoms with Crippen LogP contribution in [0.4, 0.5) is 5.69 Å². The van der Waals surface area contributed by atoms with E-state index in [4.69, 9.17) is 30.2 Å². The number of aliphatic hydroxyl groups is 1. The number of carbonyl (C=O) groups is 2. The highest BCUT2D eigenvalue weighted by atomic mass is 35.5. The van der Waals surface area contributed by atoms with Crippen LogP contribution in [0, 0.1) is 0 Å². The second-order valence-corrected chi connectivity index (χ2v) is 8.69. The molecule has 1 aromatic heterocycles. The van der Waals surface area contributed by atoms with Crippen molar-refractivity contribution in [2.75, 3.05) is 19.1 Å². The van der Waals surface area contributed by atoms with Crippen LogP contribution in [0.2, 0.25) is 5.02 Å². The Morgan fingerprint density at radius 2 is 1.58 bits per heavy atom. The van der Waals surface area contributed by atoms with Crippen LogP contribution in [-0.4, -0.2) is 31.0 Å². The summed E-state index contributed by atoms with van der Waals surface area (Å²) in [6, 6.07) is 21.1. The number of methoxy groups -OCH3 is 2. The van der Waals surface area contributed by atoms with Crippen molar-refractivity contribution in [2.45, 2.75) is 6.04 Å². The van der Waals surface area contributed by atoms with E-state index in [2.05, 4.69) is 0 Å². The van der Waals surface area contributed by atoms with E-state index in [0.29, 0.717) is 17.2 Å². The fraction of sp³-hybridized carbons (Fsp3) is 0.103. The molecule has 0 bridgehead atoms. The van der Waals surface area contributed by atoms with Crippen LogP contribution in [0.1, 0.15) is 17.4 Å². The fourth-order valence-corrected chi connectivity index (χ4v) is 4.54. The fourth-order valence-electron chi connectivity index (χ4n) is 4.30. The summed E-state index contributed by atoms with van der Waals surface area (Å²) in [5.74, 6) is -0.230. The number of Topliss-reactive ketones (excluding diaryl/α,β-unsaturated/α-hetero) is 1. The molecule has 4 aromatic rings. The van der Waals surface area contributed by atoms with Gasteiger partial charge in [0.25, 0.3) is 11.7 Å². The minimum Gasteiger partial charge on any atom is -0.507 e. The van der Waals surface area contributed by atoms with Gasteiger partial charge in [-0.25, -0.2) is 0 Å². The second kappa shape index (κ2) is 10.4. The molecule has 2 heterocycles. The highest BCUT2D eigenvalue weighted by molar-refractivity contribution is 6.51. The van der Waals surface area contributed by atoms with Gasteiger partial charge in [-0.2, -0.15) is 0 Å². The van der Waals surface area contributed by atoms with Crippen LogP contribution >= 0.6 is 11.6 Å². The molecule has 1 saturated heterocycles. The first-order chi connectivity index (χ1) is 18.4. The van der Waals surface area contributed by atoms with E-state index < -0.39 is 23.5 Å². The maximum Gasteiger partial charge on any atom is 0.300 e. The van der Waals surface area contributed by atoms with Gasteiger partial charge in [0.2, 0.25) is 0 Å². The molecule has 1 unspecified atom stereocenters. The van der Waals surface area contributed by atoms with Gasteiger partial charge in [-0.1, -0.05) is 29.8 Å². The Morgan fingerprint density at radius 1 is 0.895 bits per heavy atom. The third-order valence-electron chi connectivity index (χ3n) is 6.08. The van der Waals surface area contributed by atoms with Gasteiger partial charge in [-0.05, 0) is 54.6 Å². The molecular weight excluding hydrogens is 510 g/mol. The van der Waals surface area contributed by atoms with Crippen molar-refractivity contribution in [2.24, 2.45) is 0 Å². The number of ether oxygens (including phenoxy) is 3. The highest BCUT2D eigenvalue weighted by Crippen LogP contribution is 2.45. The van der Waals surface area contributed by atoms with Crippen LogP contribution in [0.5, 0.6) is 23.0 Å². The lowest BCUT2D eigenvalue weighted by Crippen LogP contribution is -2.29. The molecule has 1 amide bonds. The molecule has 0 aliphatic carbocycles. The monoisotopic (exact) mass is 531 g/mol. The number of rotatable bonds is 7. The van der Waals surface area contributed by atoms with Gasteiger partial charge in [-0.15, -0.1) is 0 Å². The first kappa shape index (κ1) is 25.0. The average molecular weight is 532 g/mol. The average Bonchev–Trinajstić information content (AvgIpc) is 3.56. The molecule has 1 atom stereocenters. The van der Waals surface area contributed by atoms with E-state index in [0.717, 1.165) is 0 Å². The van der Waals surface area contributed by atoms with Crippen molar-refractivity contribution in [1.29, 1.82) is 0 Å². The Balaban J connectivity index is 1.60. The molecule has 8 nitrogen and oxygen atoms in total. The van der Waals surface area contributed by atoms with Gasteiger partial charge < -0.3 is 23.7 Å². The van der Waals surface area contributed by atoms with Crippen LogP contribution in [-0.2, 0) is 9.59 Å². The third kappa shape index (κ3) is 4.46. The summed E-state index contributed by atoms with van der Waals surface area (Å²) in [4.78, 5) is 28.0. The summed E-state index contributed by atoms with van der Waals surface area (Å²) >= 11 is 6.22. The van der Waals surface area contributed by atoms with E-state index in [1.807, 2.05) is 30.3 Å². The first-order valence-corrected chi connectivity index (χ1v) is 11.9. The normalized spacial score (nSPS) is 16.5. The highest BCUT2D eigenvalue weighted by Gasteiger charge is 2.48. The number of nitrogens with zero attached hydrogens (tertiary/aromatic N) is 1. The Kier molecular flexibility index (Phi) is 6.81. The zero-order valence-corrected chi connectivity index (χ0v) is 21.1. The number of ketones is 1. The summed E-state index contributed by atoms with van der Waals surface area (Å²) in [7, 11) is 2.82. The number of furan rings is 1. The Morgan fingerprint density at radius 3 is 2.21 bits per heavy atom. The molecule has 5 rings (SSSR count). The van der Waals surface area contributed by atoms with Crippen molar-refractivity contribution in [3.8, 4) is 23.0 Å². The van der Waals surface area contributed by atoms with Gasteiger partial charge in [0.15, 0.2) is 0 Å². The van der Waals surface area contributed by atoms with Gasteiger partial charge in [0.05, 0.1) is 36.6 Å². The molecule has 1 aliphatic rings. The van der Waals surface area contributed by atoms with E-state index in [-0.39, 0.29) is 33.4 Å². The summed E-state index contributed by atoms with van der Waals surface area (Å²) in [5.41, 5.74) is 0.376. The van der Waals surface area contributed by atoms with E-state index in [1.54, 1.807) is 36.4 Å². The third-order valence-corrected chi connectivity index (χ3v) is 6.38. The van der Waals surface area contributed by atoms with Crippen LogP contribution in [0.25, 0.3) is 5.76 Å². The molecule has 1 N–H and O–H groups in total. The minimum absolute atomic E-state index is 0.134. The Bertz CT molecular complexity index is 1510. The standard InChI is InChI=1S/C29H22ClNO7/c1-35-23-16-21(30)24(36-2)15-20(23)27(32)25-26(22-9-6-14-37-22)31(29(34)28(25)33)17-10-12-19(13-11-17)38-18-7-4-3-5-8-18/h3-16,26,32H,1-2H3/b27-25+. The lowest BCUT2D eigenvalue weighted by atomic mass is 9.98. The lowest BCUT2D eigenvalue weighted by Gasteiger charge is -2.23. The summed E-state index contributed by atoms with van der Waals surface area (Å²) in [6.45, 7) is 0. The van der Waals surface area contributed by atoms with Gasteiger partial charge in [0, 0.05) is 11.8 Å². The molecule has 9 heteroatoms. The van der Waals surface area contributed by atoms with Crippen molar-refractivity contribution in [1.82, 2.24) is 0 Å². The van der Waals surface area contributed by atoms with Crippen LogP contribution < -0.4 is 19.1 Å². The number of amides is 1. The number of anilines is 1. The van der Waals surface area contributed by atoms with Crippen molar-refractivity contribution in [3.05, 3.63) is 107 Å². The number of carbonyl (C=O) groups excluding carboxylic acids is 2. The van der Waals surface area contributed by atoms with E-state index in [1.165, 1.54) is 37.5 Å². The molecule has 38 heavy (non-hydrogen) atoms. The predicted molar refractivity (Wildman–Crippen MR) is 141 cm³/mol. The molecule has 1 aliphatic heterocycles. The minimum atomic E-state index is -1.04. The van der Waals surface area contributed by atoms with Crippen LogP contribution in [0.15, 0.2) is 95.1 Å². The topological polar surface area (TPSA) is 98.4 Å². The molecule has 1 fully saturated rings. The second-order valence-electron chi connectivity index (χ2n) is 8.28. The largest absolute Gasteiger partial charge is 0.507 e. The zero-order valence-electron chi connectivity index (χ0n) is 20.4. The summed E-state index contributed by atoms with van der Waals surface area (Å²) < 4.78 is 22.1. The number of halogens is 1. The molecular formula is C29H22ClNO7. The summed E-state index contributed by atoms with van der Waals surface area (Å²) in [5, 5.41) is 11.7. The zero-order chi connectivity index (χ0) is 26.8. The number of benzene rings is 3. The molecule has 0 spiro atoms. The first-order valence-electron chi connectivity index (χ1n) is 11.5. The Labute approximate surface area is 223 Å². The number of hydrogen-bond donors (Lipinski definition) is 1. The number of aliphatic hydroxyl groups excluding tert-OH is 1. The van der Waals surface area contributed by atoms with Crippen molar-refractivity contribution >= 4 is 34.7 Å². The molecule has 192 valence electrons. The number of para-hydroxylation sites is 1. The molecule has 0 saturated carbocycles. The van der Waals surface area contributed by atoms with Crippen molar-refractivity contribution in [3.63, 3.8) is 0 Å². The predicted octanol–water partition coefficient (Wildman–Crippen LogP) is 6.37. The smallest absolute Gasteiger partial charge is 0.300 e. The SMILES string of the molecule is COc1cc(/C(O)=C2\C(=O)C(=O)N(c3ccc(Oc4ccccc4)cc3)C2c2ccco2)c(OC)cc1Cl.